The van der Waals surface area contributed by atoms with Crippen LogP contribution in [0.2, 0.25) is 0 Å². The van der Waals surface area contributed by atoms with E-state index in [1.165, 1.54) is 6.20 Å². The van der Waals surface area contributed by atoms with Crippen molar-refractivity contribution >= 4 is 54.5 Å². The quantitative estimate of drug-likeness (QED) is 0.229. The molecule has 1 aliphatic carbocycles. The zero-order valence-corrected chi connectivity index (χ0v) is 20.3. The molecule has 0 bridgehead atoms. The number of pyridine rings is 2. The lowest BCUT2D eigenvalue weighted by Crippen LogP contribution is -2.21. The molecule has 1 fully saturated rings. The van der Waals surface area contributed by atoms with E-state index in [1.807, 2.05) is 43.3 Å². The number of nitrogens with zero attached hydrogens (tertiary/aromatic N) is 2. The molecule has 174 valence electrons. The van der Waals surface area contributed by atoms with Crippen molar-refractivity contribution in [2.24, 2.45) is 5.41 Å². The maximum atomic E-state index is 9.79. The fraction of sp³-hybridized carbons (Fsp3) is 0.312. The average molecular weight is 463 g/mol. The Labute approximate surface area is 210 Å². The smallest absolute Gasteiger partial charge is 0.227 e. The summed E-state index contributed by atoms with van der Waals surface area (Å²) in [6.45, 7) is 4.02. The Hall–Kier alpha value is -3.46. The van der Waals surface area contributed by atoms with Gasteiger partial charge in [0.05, 0.1) is 5.52 Å². The number of hydrogen-bond acceptors (Lipinski definition) is 3. The van der Waals surface area contributed by atoms with Crippen LogP contribution in [0.15, 0.2) is 59.1 Å². The van der Waals surface area contributed by atoms with Gasteiger partial charge in [0.15, 0.2) is 0 Å². The Kier molecular flexibility index (Phi) is 3.54. The molecule has 0 atom stereocenters. The van der Waals surface area contributed by atoms with Crippen LogP contribution >= 0.6 is 0 Å². The van der Waals surface area contributed by atoms with Crippen molar-refractivity contribution in [2.45, 2.75) is 59.2 Å². The van der Waals surface area contributed by atoms with Crippen molar-refractivity contribution in [3.8, 4) is 0 Å². The monoisotopic (exact) mass is 462 g/mol. The second-order valence-electron chi connectivity index (χ2n) is 10.9. The van der Waals surface area contributed by atoms with Crippen molar-refractivity contribution in [1.29, 1.82) is 0 Å². The molecule has 0 unspecified atom stereocenters. The van der Waals surface area contributed by atoms with E-state index in [-0.39, 0.29) is 11.0 Å². The molecule has 7 rings (SSSR count). The molecule has 35 heavy (non-hydrogen) atoms. The Balaban J connectivity index is 1.69. The molecular weight excluding hydrogens is 428 g/mol. The second-order valence-corrected chi connectivity index (χ2v) is 10.9. The number of aromatic nitrogens is 2. The number of benzene rings is 3. The Bertz CT molecular complexity index is 1960. The third-order valence-corrected chi connectivity index (χ3v) is 8.00. The molecule has 6 aromatic rings. The number of hydrogen-bond donors (Lipinski definition) is 0. The zero-order chi connectivity index (χ0) is 27.3. The summed E-state index contributed by atoms with van der Waals surface area (Å²) in [7, 11) is 0. The minimum Gasteiger partial charge on any atom is -0.438 e. The fourth-order valence-corrected chi connectivity index (χ4v) is 5.97. The van der Waals surface area contributed by atoms with Crippen LogP contribution in [0.3, 0.4) is 0 Å². The SMILES string of the molecule is [2H]C([2H])([2H])c1cnc2c3ccccc3c3cc4c(cc3c2c1C1([2H])CCC(C)(C)CC1)oc1nc(C)ccc14. The van der Waals surface area contributed by atoms with Crippen LogP contribution in [0.4, 0.5) is 0 Å². The summed E-state index contributed by atoms with van der Waals surface area (Å²) < 4.78 is 41.4. The van der Waals surface area contributed by atoms with Gasteiger partial charge in [0.2, 0.25) is 5.71 Å². The van der Waals surface area contributed by atoms with Gasteiger partial charge in [0.25, 0.3) is 0 Å². The van der Waals surface area contributed by atoms with Gasteiger partial charge in [-0.25, -0.2) is 4.98 Å². The zero-order valence-electron chi connectivity index (χ0n) is 24.3. The molecule has 0 amide bonds. The molecule has 3 aromatic heterocycles. The van der Waals surface area contributed by atoms with E-state index in [0.717, 1.165) is 61.8 Å². The van der Waals surface area contributed by atoms with E-state index in [9.17, 15) is 1.37 Å². The molecule has 3 nitrogen and oxygen atoms in total. The van der Waals surface area contributed by atoms with E-state index in [2.05, 4.69) is 31.0 Å². The lowest BCUT2D eigenvalue weighted by atomic mass is 9.70. The standard InChI is InChI=1S/C32H30N2O/c1-18-17-33-30-22-8-6-5-7-21(22)24-15-25-23-10-9-19(2)34-31(23)35-27(25)16-26(24)29(30)28(18)20-11-13-32(3,4)14-12-20/h5-10,15-17,20H,11-14H2,1-4H3/i1D3,20D. The lowest BCUT2D eigenvalue weighted by molar-refractivity contribution is 0.225. The van der Waals surface area contributed by atoms with E-state index in [0.29, 0.717) is 29.7 Å². The number of fused-ring (bicyclic) bond motifs is 9. The maximum Gasteiger partial charge on any atom is 0.227 e. The first kappa shape index (κ1) is 17.0. The van der Waals surface area contributed by atoms with Gasteiger partial charge < -0.3 is 4.42 Å². The topological polar surface area (TPSA) is 38.9 Å². The first-order chi connectivity index (χ1) is 18.5. The third kappa shape index (κ3) is 3.10. The molecule has 1 aliphatic rings. The summed E-state index contributed by atoms with van der Waals surface area (Å²) >= 11 is 0. The highest BCUT2D eigenvalue weighted by Gasteiger charge is 2.30. The first-order valence-electron chi connectivity index (χ1n) is 14.4. The first-order valence-corrected chi connectivity index (χ1v) is 12.4. The van der Waals surface area contributed by atoms with Gasteiger partial charge in [0, 0.05) is 38.9 Å². The fourth-order valence-electron chi connectivity index (χ4n) is 5.97. The molecule has 0 N–H and O–H groups in total. The van der Waals surface area contributed by atoms with Crippen molar-refractivity contribution in [2.75, 3.05) is 0 Å². The molecule has 0 aliphatic heterocycles. The van der Waals surface area contributed by atoms with Crippen LogP contribution in [0.5, 0.6) is 0 Å². The van der Waals surface area contributed by atoms with Gasteiger partial charge >= 0.3 is 0 Å². The van der Waals surface area contributed by atoms with Crippen molar-refractivity contribution in [1.82, 2.24) is 9.97 Å². The predicted molar refractivity (Wildman–Crippen MR) is 146 cm³/mol. The maximum absolute atomic E-state index is 9.79. The van der Waals surface area contributed by atoms with E-state index >= 15 is 0 Å². The summed E-state index contributed by atoms with van der Waals surface area (Å²) in [5.74, 6) is -1.03. The van der Waals surface area contributed by atoms with Crippen molar-refractivity contribution in [3.05, 3.63) is 71.5 Å². The lowest BCUT2D eigenvalue weighted by Gasteiger charge is -2.35. The number of furan rings is 1. The Morgan fingerprint density at radius 2 is 1.74 bits per heavy atom. The van der Waals surface area contributed by atoms with E-state index in [1.54, 1.807) is 0 Å². The summed E-state index contributed by atoms with van der Waals surface area (Å²) in [6, 6.07) is 16.3. The number of aryl methyl sites for hydroxylation is 2. The minimum atomic E-state index is -2.39. The van der Waals surface area contributed by atoms with Crippen LogP contribution < -0.4 is 0 Å². The summed E-state index contributed by atoms with van der Waals surface area (Å²) in [6.07, 6.45) is 4.45. The molecular formula is C32H30N2O. The van der Waals surface area contributed by atoms with Crippen LogP contribution in [0.1, 0.15) is 67.7 Å². The molecule has 3 aromatic carbocycles. The molecule has 0 radical (unpaired) electrons. The number of rotatable bonds is 1. The summed E-state index contributed by atoms with van der Waals surface area (Å²) in [5.41, 5.74) is 3.82. The van der Waals surface area contributed by atoms with Gasteiger partial charge in [-0.05, 0) is 102 Å². The Morgan fingerprint density at radius 3 is 2.54 bits per heavy atom. The molecule has 0 saturated heterocycles. The minimum absolute atomic E-state index is 0.133. The molecule has 0 spiro atoms. The van der Waals surface area contributed by atoms with Gasteiger partial charge in [-0.15, -0.1) is 0 Å². The summed E-state index contributed by atoms with van der Waals surface area (Å²) in [4.78, 5) is 9.40. The van der Waals surface area contributed by atoms with Gasteiger partial charge in [-0.1, -0.05) is 38.1 Å². The van der Waals surface area contributed by atoms with Gasteiger partial charge in [-0.2, -0.15) is 0 Å². The molecule has 3 heterocycles. The molecule has 1 saturated carbocycles. The van der Waals surface area contributed by atoms with E-state index in [4.69, 9.17) is 13.5 Å². The van der Waals surface area contributed by atoms with Crippen LogP contribution in [0.25, 0.3) is 54.5 Å². The Morgan fingerprint density at radius 1 is 0.943 bits per heavy atom. The van der Waals surface area contributed by atoms with Crippen molar-refractivity contribution in [3.63, 3.8) is 0 Å². The second kappa shape index (κ2) is 7.27. The van der Waals surface area contributed by atoms with Crippen LogP contribution in [0, 0.1) is 19.2 Å². The average Bonchev–Trinajstić information content (AvgIpc) is 3.24. The highest BCUT2D eigenvalue weighted by atomic mass is 16.3. The van der Waals surface area contributed by atoms with Crippen LogP contribution in [-0.4, -0.2) is 9.97 Å². The normalized spacial score (nSPS) is 19.7. The largest absolute Gasteiger partial charge is 0.438 e. The van der Waals surface area contributed by atoms with Crippen LogP contribution in [-0.2, 0) is 0 Å². The van der Waals surface area contributed by atoms with Gasteiger partial charge in [0.1, 0.15) is 5.58 Å². The molecule has 3 heteroatoms. The highest BCUT2D eigenvalue weighted by Crippen LogP contribution is 2.47. The summed E-state index contributed by atoms with van der Waals surface area (Å²) in [5, 5.41) is 6.55. The van der Waals surface area contributed by atoms with E-state index < -0.39 is 12.7 Å². The predicted octanol–water partition coefficient (Wildman–Crippen LogP) is 9.14. The van der Waals surface area contributed by atoms with Crippen molar-refractivity contribution < 1.29 is 9.90 Å². The third-order valence-electron chi connectivity index (χ3n) is 8.00. The highest BCUT2D eigenvalue weighted by molar-refractivity contribution is 6.28. The van der Waals surface area contributed by atoms with Gasteiger partial charge in [-0.3, -0.25) is 4.98 Å².